The molecule has 1 saturated heterocycles. The molecule has 1 fully saturated rings. The molecule has 0 aliphatic carbocycles. The van der Waals surface area contributed by atoms with Crippen LogP contribution in [0.1, 0.15) is 33.1 Å². The summed E-state index contributed by atoms with van der Waals surface area (Å²) in [4.78, 5) is 0. The molecule has 0 aromatic carbocycles. The van der Waals surface area contributed by atoms with Gasteiger partial charge in [0.05, 0.1) is 6.10 Å². The number of nitrogens with one attached hydrogen (secondary N) is 2. The summed E-state index contributed by atoms with van der Waals surface area (Å²) >= 11 is 5.12. The summed E-state index contributed by atoms with van der Waals surface area (Å²) in [6, 6.07) is 0.391. The second-order valence-corrected chi connectivity index (χ2v) is 4.41. The minimum Gasteiger partial charge on any atom is -0.376 e. The predicted octanol–water partition coefficient (Wildman–Crippen LogP) is 1.43. The highest BCUT2D eigenvalue weighted by Gasteiger charge is 2.13. The molecule has 1 aliphatic rings. The van der Waals surface area contributed by atoms with Gasteiger partial charge in [-0.2, -0.15) is 0 Å². The second-order valence-electron chi connectivity index (χ2n) is 4.00. The number of hydrogen-bond acceptors (Lipinski definition) is 2. The lowest BCUT2D eigenvalue weighted by atomic mass is 10.1. The molecule has 3 nitrogen and oxygen atoms in total. The lowest BCUT2D eigenvalue weighted by Crippen LogP contribution is -2.43. The normalized spacial score (nSPS) is 22.1. The molecule has 0 bridgehead atoms. The lowest BCUT2D eigenvalue weighted by molar-refractivity contribution is 0.0195. The summed E-state index contributed by atoms with van der Waals surface area (Å²) in [5, 5.41) is 7.06. The zero-order chi connectivity index (χ0) is 10.4. The summed E-state index contributed by atoms with van der Waals surface area (Å²) in [5.41, 5.74) is 0. The van der Waals surface area contributed by atoms with Crippen LogP contribution in [0.5, 0.6) is 0 Å². The number of ether oxygens (including phenoxy) is 1. The number of thiocarbonyl (C=S) groups is 1. The fraction of sp³-hybridized carbons (Fsp3) is 0.900. The Morgan fingerprint density at radius 3 is 2.86 bits per heavy atom. The molecule has 0 saturated carbocycles. The predicted molar refractivity (Wildman–Crippen MR) is 62.5 cm³/mol. The van der Waals surface area contributed by atoms with Gasteiger partial charge in [-0.05, 0) is 45.3 Å². The molecular weight excluding hydrogens is 196 g/mol. The molecule has 14 heavy (non-hydrogen) atoms. The van der Waals surface area contributed by atoms with Gasteiger partial charge in [0, 0.05) is 19.2 Å². The van der Waals surface area contributed by atoms with Crippen LogP contribution in [0.4, 0.5) is 0 Å². The van der Waals surface area contributed by atoms with Crippen molar-refractivity contribution in [1.82, 2.24) is 10.6 Å². The molecule has 1 aliphatic heterocycles. The fourth-order valence-electron chi connectivity index (χ4n) is 1.49. The van der Waals surface area contributed by atoms with E-state index in [0.717, 1.165) is 24.7 Å². The Kier molecular flexibility index (Phi) is 5.19. The van der Waals surface area contributed by atoms with Crippen LogP contribution >= 0.6 is 12.2 Å². The van der Waals surface area contributed by atoms with Gasteiger partial charge in [0.25, 0.3) is 0 Å². The van der Waals surface area contributed by atoms with Crippen molar-refractivity contribution in [2.75, 3.05) is 13.2 Å². The van der Waals surface area contributed by atoms with E-state index in [1.165, 1.54) is 12.8 Å². The third-order valence-corrected chi connectivity index (χ3v) is 2.45. The maximum atomic E-state index is 5.58. The van der Waals surface area contributed by atoms with Crippen LogP contribution in [0.25, 0.3) is 0 Å². The van der Waals surface area contributed by atoms with Crippen molar-refractivity contribution in [3.63, 3.8) is 0 Å². The first-order valence-corrected chi connectivity index (χ1v) is 5.75. The van der Waals surface area contributed by atoms with Crippen LogP contribution in [0, 0.1) is 0 Å². The van der Waals surface area contributed by atoms with Gasteiger partial charge in [-0.1, -0.05) is 0 Å². The smallest absolute Gasteiger partial charge is 0.166 e. The van der Waals surface area contributed by atoms with Crippen LogP contribution in [0.3, 0.4) is 0 Å². The summed E-state index contributed by atoms with van der Waals surface area (Å²) in [6.45, 7) is 5.88. The molecule has 0 aromatic rings. The van der Waals surface area contributed by atoms with E-state index in [9.17, 15) is 0 Å². The molecule has 1 unspecified atom stereocenters. The van der Waals surface area contributed by atoms with E-state index in [0.29, 0.717) is 12.1 Å². The van der Waals surface area contributed by atoms with E-state index in [-0.39, 0.29) is 0 Å². The van der Waals surface area contributed by atoms with E-state index >= 15 is 0 Å². The van der Waals surface area contributed by atoms with Crippen molar-refractivity contribution in [1.29, 1.82) is 0 Å². The van der Waals surface area contributed by atoms with Crippen molar-refractivity contribution >= 4 is 17.3 Å². The highest BCUT2D eigenvalue weighted by molar-refractivity contribution is 7.80. The van der Waals surface area contributed by atoms with E-state index in [1.54, 1.807) is 0 Å². The first-order valence-electron chi connectivity index (χ1n) is 5.34. The van der Waals surface area contributed by atoms with E-state index in [4.69, 9.17) is 17.0 Å². The highest BCUT2D eigenvalue weighted by Crippen LogP contribution is 2.11. The zero-order valence-electron chi connectivity index (χ0n) is 9.01. The van der Waals surface area contributed by atoms with E-state index in [2.05, 4.69) is 24.5 Å². The van der Waals surface area contributed by atoms with Gasteiger partial charge in [-0.25, -0.2) is 0 Å². The molecule has 1 atom stereocenters. The van der Waals surface area contributed by atoms with Gasteiger partial charge < -0.3 is 15.4 Å². The van der Waals surface area contributed by atoms with Crippen molar-refractivity contribution in [3.8, 4) is 0 Å². The maximum Gasteiger partial charge on any atom is 0.166 e. The molecule has 1 heterocycles. The SMILES string of the molecule is CC(C)NC(=S)NCC1CCCCO1. The van der Waals surface area contributed by atoms with E-state index in [1.807, 2.05) is 0 Å². The van der Waals surface area contributed by atoms with Gasteiger partial charge in [0.15, 0.2) is 5.11 Å². The molecule has 82 valence electrons. The zero-order valence-corrected chi connectivity index (χ0v) is 9.82. The average molecular weight is 216 g/mol. The van der Waals surface area contributed by atoms with Gasteiger partial charge in [-0.3, -0.25) is 0 Å². The van der Waals surface area contributed by atoms with Crippen molar-refractivity contribution in [2.45, 2.75) is 45.3 Å². The molecule has 0 amide bonds. The van der Waals surface area contributed by atoms with Crippen molar-refractivity contribution in [2.24, 2.45) is 0 Å². The molecular formula is C10H20N2OS. The molecule has 0 radical (unpaired) electrons. The van der Waals surface area contributed by atoms with Gasteiger partial charge >= 0.3 is 0 Å². The van der Waals surface area contributed by atoms with Crippen LogP contribution in [-0.4, -0.2) is 30.4 Å². The minimum absolute atomic E-state index is 0.343. The molecule has 1 rings (SSSR count). The summed E-state index contributed by atoms with van der Waals surface area (Å²) in [7, 11) is 0. The van der Waals surface area contributed by atoms with Crippen molar-refractivity contribution in [3.05, 3.63) is 0 Å². The largest absolute Gasteiger partial charge is 0.376 e. The molecule has 2 N–H and O–H groups in total. The second kappa shape index (κ2) is 6.19. The average Bonchev–Trinajstić information content (AvgIpc) is 2.15. The van der Waals surface area contributed by atoms with Crippen LogP contribution in [-0.2, 0) is 4.74 Å². The van der Waals surface area contributed by atoms with Crippen molar-refractivity contribution < 1.29 is 4.74 Å². The highest BCUT2D eigenvalue weighted by atomic mass is 32.1. The standard InChI is InChI=1S/C10H20N2OS/c1-8(2)12-10(14)11-7-9-5-3-4-6-13-9/h8-9H,3-7H2,1-2H3,(H2,11,12,14). The topological polar surface area (TPSA) is 33.3 Å². The molecule has 0 spiro atoms. The third kappa shape index (κ3) is 4.77. The Morgan fingerprint density at radius 1 is 1.50 bits per heavy atom. The molecule has 4 heteroatoms. The first kappa shape index (κ1) is 11.7. The first-order chi connectivity index (χ1) is 6.68. The number of rotatable bonds is 3. The Bertz CT molecular complexity index is 179. The monoisotopic (exact) mass is 216 g/mol. The Labute approximate surface area is 91.6 Å². The van der Waals surface area contributed by atoms with E-state index < -0.39 is 0 Å². The van der Waals surface area contributed by atoms with Gasteiger partial charge in [0.1, 0.15) is 0 Å². The lowest BCUT2D eigenvalue weighted by Gasteiger charge is -2.23. The minimum atomic E-state index is 0.343. The maximum absolute atomic E-state index is 5.58. The summed E-state index contributed by atoms with van der Waals surface area (Å²) in [6.07, 6.45) is 3.97. The summed E-state index contributed by atoms with van der Waals surface area (Å²) < 4.78 is 5.58. The van der Waals surface area contributed by atoms with Crippen LogP contribution in [0.15, 0.2) is 0 Å². The Balaban J connectivity index is 2.09. The van der Waals surface area contributed by atoms with Gasteiger partial charge in [-0.15, -0.1) is 0 Å². The fourth-order valence-corrected chi connectivity index (χ4v) is 1.81. The Hall–Kier alpha value is -0.350. The van der Waals surface area contributed by atoms with Crippen LogP contribution < -0.4 is 10.6 Å². The summed E-state index contributed by atoms with van der Waals surface area (Å²) in [5.74, 6) is 0. The Morgan fingerprint density at radius 2 is 2.29 bits per heavy atom. The number of hydrogen-bond donors (Lipinski definition) is 2. The van der Waals surface area contributed by atoms with Crippen LogP contribution in [0.2, 0.25) is 0 Å². The van der Waals surface area contributed by atoms with Gasteiger partial charge in [0.2, 0.25) is 0 Å². The molecule has 0 aromatic heterocycles. The quantitative estimate of drug-likeness (QED) is 0.699. The third-order valence-electron chi connectivity index (χ3n) is 2.18.